The van der Waals surface area contributed by atoms with Crippen LogP contribution in [0.25, 0.3) is 5.82 Å². The number of rotatable bonds is 8. The molecule has 0 aliphatic carbocycles. The molecule has 3 rings (SSSR count). The molecule has 0 fully saturated rings. The van der Waals surface area contributed by atoms with Gasteiger partial charge in [-0.25, -0.2) is 9.67 Å². The third kappa shape index (κ3) is 6.60. The summed E-state index contributed by atoms with van der Waals surface area (Å²) in [5.74, 6) is 2.32. The van der Waals surface area contributed by atoms with Crippen molar-refractivity contribution in [3.8, 4) is 11.6 Å². The Morgan fingerprint density at radius 3 is 2.76 bits per heavy atom. The maximum Gasteiger partial charge on any atom is 0.191 e. The van der Waals surface area contributed by atoms with Crippen LogP contribution in [0.3, 0.4) is 0 Å². The molecular formula is C21H25IN6O. The molecule has 0 aliphatic rings. The van der Waals surface area contributed by atoms with Crippen LogP contribution in [0.15, 0.2) is 78.7 Å². The second-order valence-corrected chi connectivity index (χ2v) is 5.96. The van der Waals surface area contributed by atoms with Crippen molar-refractivity contribution in [1.29, 1.82) is 0 Å². The predicted molar refractivity (Wildman–Crippen MR) is 126 cm³/mol. The van der Waals surface area contributed by atoms with Gasteiger partial charge in [0.15, 0.2) is 11.8 Å². The number of ether oxygens (including phenoxy) is 1. The predicted octanol–water partition coefficient (Wildman–Crippen LogP) is 3.32. The van der Waals surface area contributed by atoms with Crippen LogP contribution in [0.4, 0.5) is 0 Å². The van der Waals surface area contributed by atoms with Crippen LogP contribution in [-0.2, 0) is 13.1 Å². The zero-order valence-corrected chi connectivity index (χ0v) is 18.6. The zero-order valence-electron chi connectivity index (χ0n) is 16.3. The molecule has 0 saturated carbocycles. The van der Waals surface area contributed by atoms with Gasteiger partial charge in [0.1, 0.15) is 12.4 Å². The topological polar surface area (TPSA) is 76.4 Å². The highest BCUT2D eigenvalue weighted by Crippen LogP contribution is 2.17. The minimum Gasteiger partial charge on any atom is -0.489 e. The first kappa shape index (κ1) is 22.4. The van der Waals surface area contributed by atoms with Gasteiger partial charge in [-0.15, -0.1) is 24.0 Å². The molecule has 29 heavy (non-hydrogen) atoms. The maximum absolute atomic E-state index is 5.70. The summed E-state index contributed by atoms with van der Waals surface area (Å²) in [4.78, 5) is 8.63. The molecule has 0 unspecified atom stereocenters. The van der Waals surface area contributed by atoms with Gasteiger partial charge in [0.2, 0.25) is 0 Å². The molecule has 0 aliphatic heterocycles. The summed E-state index contributed by atoms with van der Waals surface area (Å²) in [6.45, 7) is 5.38. The number of halogens is 1. The lowest BCUT2D eigenvalue weighted by molar-refractivity contribution is 0.358. The fraction of sp³-hybridized carbons (Fsp3) is 0.190. The van der Waals surface area contributed by atoms with Crippen LogP contribution in [0.5, 0.6) is 5.75 Å². The zero-order chi connectivity index (χ0) is 19.6. The first-order valence-corrected chi connectivity index (χ1v) is 9.01. The summed E-state index contributed by atoms with van der Waals surface area (Å²) in [5, 5.41) is 10.8. The lowest BCUT2D eigenvalue weighted by Crippen LogP contribution is -2.36. The van der Waals surface area contributed by atoms with Crippen molar-refractivity contribution in [3.63, 3.8) is 0 Å². The number of hydrogen-bond acceptors (Lipinski definition) is 4. The number of para-hydroxylation sites is 1. The van der Waals surface area contributed by atoms with Crippen molar-refractivity contribution in [1.82, 2.24) is 25.4 Å². The van der Waals surface area contributed by atoms with Gasteiger partial charge < -0.3 is 15.4 Å². The molecule has 1 aromatic carbocycles. The van der Waals surface area contributed by atoms with Gasteiger partial charge in [-0.1, -0.05) is 30.9 Å². The number of nitrogens with zero attached hydrogens (tertiary/aromatic N) is 4. The number of pyridine rings is 1. The average molecular weight is 504 g/mol. The summed E-state index contributed by atoms with van der Waals surface area (Å²) in [6, 6.07) is 13.7. The Balaban J connectivity index is 0.00000300. The molecule has 2 heterocycles. The Hall–Kier alpha value is -2.88. The van der Waals surface area contributed by atoms with Gasteiger partial charge in [-0.05, 0) is 29.8 Å². The van der Waals surface area contributed by atoms with E-state index in [-0.39, 0.29) is 24.0 Å². The van der Waals surface area contributed by atoms with Gasteiger partial charge >= 0.3 is 0 Å². The highest BCUT2D eigenvalue weighted by molar-refractivity contribution is 14.0. The maximum atomic E-state index is 5.70. The van der Waals surface area contributed by atoms with Gasteiger partial charge in [-0.3, -0.25) is 4.99 Å². The van der Waals surface area contributed by atoms with E-state index in [1.807, 2.05) is 48.7 Å². The molecule has 0 atom stereocenters. The standard InChI is InChI=1S/C21H24N6O.HI/c1-3-13-28-19-8-5-4-7-18(19)16-25-21(22-2)24-15-17-9-11-23-20(14-17)27-12-6-10-26-27;/h3-12,14H,1,13,15-16H2,2H3,(H2,22,24,25);1H. The lowest BCUT2D eigenvalue weighted by Gasteiger charge is -2.14. The summed E-state index contributed by atoms with van der Waals surface area (Å²) >= 11 is 0. The van der Waals surface area contributed by atoms with Crippen LogP contribution in [0.2, 0.25) is 0 Å². The van der Waals surface area contributed by atoms with E-state index in [2.05, 4.69) is 32.3 Å². The van der Waals surface area contributed by atoms with E-state index in [0.29, 0.717) is 25.7 Å². The van der Waals surface area contributed by atoms with Crippen molar-refractivity contribution in [3.05, 3.63) is 84.8 Å². The van der Waals surface area contributed by atoms with E-state index in [4.69, 9.17) is 4.74 Å². The number of hydrogen-bond donors (Lipinski definition) is 2. The monoisotopic (exact) mass is 504 g/mol. The minimum atomic E-state index is 0. The second-order valence-electron chi connectivity index (χ2n) is 5.96. The van der Waals surface area contributed by atoms with E-state index in [9.17, 15) is 0 Å². The smallest absolute Gasteiger partial charge is 0.191 e. The lowest BCUT2D eigenvalue weighted by atomic mass is 10.2. The molecule has 2 aromatic heterocycles. The molecule has 0 radical (unpaired) electrons. The van der Waals surface area contributed by atoms with Crippen LogP contribution in [-0.4, -0.2) is 34.4 Å². The molecule has 3 aromatic rings. The molecule has 152 valence electrons. The fourth-order valence-electron chi connectivity index (χ4n) is 2.62. The van der Waals surface area contributed by atoms with Crippen LogP contribution in [0, 0.1) is 0 Å². The van der Waals surface area contributed by atoms with Crippen LogP contribution in [0.1, 0.15) is 11.1 Å². The second kappa shape index (κ2) is 11.8. The first-order chi connectivity index (χ1) is 13.8. The Morgan fingerprint density at radius 2 is 2.00 bits per heavy atom. The molecule has 8 heteroatoms. The molecule has 0 spiro atoms. The highest BCUT2D eigenvalue weighted by atomic mass is 127. The Kier molecular flexibility index (Phi) is 9.16. The third-order valence-corrected chi connectivity index (χ3v) is 4.01. The summed E-state index contributed by atoms with van der Waals surface area (Å²) in [6.07, 6.45) is 7.11. The van der Waals surface area contributed by atoms with Crippen molar-refractivity contribution in [2.24, 2.45) is 4.99 Å². The molecule has 0 saturated heterocycles. The molecule has 0 bridgehead atoms. The summed E-state index contributed by atoms with van der Waals surface area (Å²) in [7, 11) is 1.75. The van der Waals surface area contributed by atoms with E-state index in [0.717, 1.165) is 22.7 Å². The Bertz CT molecular complexity index is 926. The number of nitrogens with one attached hydrogen (secondary N) is 2. The van der Waals surface area contributed by atoms with Gasteiger partial charge in [0, 0.05) is 44.3 Å². The summed E-state index contributed by atoms with van der Waals surface area (Å²) in [5.41, 5.74) is 2.13. The van der Waals surface area contributed by atoms with Crippen molar-refractivity contribution >= 4 is 29.9 Å². The van der Waals surface area contributed by atoms with E-state index in [1.54, 1.807) is 30.2 Å². The van der Waals surface area contributed by atoms with Crippen LogP contribution < -0.4 is 15.4 Å². The fourth-order valence-corrected chi connectivity index (χ4v) is 2.62. The SMILES string of the molecule is C=CCOc1ccccc1CNC(=NC)NCc1ccnc(-n2cccn2)c1.I. The van der Waals surface area contributed by atoms with Crippen molar-refractivity contribution in [2.75, 3.05) is 13.7 Å². The molecule has 0 amide bonds. The van der Waals surface area contributed by atoms with Crippen LogP contribution >= 0.6 is 24.0 Å². The Morgan fingerprint density at radius 1 is 1.17 bits per heavy atom. The molecule has 7 nitrogen and oxygen atoms in total. The number of guanidine groups is 1. The van der Waals surface area contributed by atoms with Gasteiger partial charge in [0.25, 0.3) is 0 Å². The number of aromatic nitrogens is 3. The number of benzene rings is 1. The average Bonchev–Trinajstić information content (AvgIpc) is 3.28. The molecule has 2 N–H and O–H groups in total. The van der Waals surface area contributed by atoms with Gasteiger partial charge in [0.05, 0.1) is 0 Å². The number of aliphatic imine (C=N–C) groups is 1. The van der Waals surface area contributed by atoms with E-state index in [1.165, 1.54) is 0 Å². The highest BCUT2D eigenvalue weighted by Gasteiger charge is 2.05. The quantitative estimate of drug-likeness (QED) is 0.213. The van der Waals surface area contributed by atoms with E-state index < -0.39 is 0 Å². The van der Waals surface area contributed by atoms with Gasteiger partial charge in [-0.2, -0.15) is 5.10 Å². The summed E-state index contributed by atoms with van der Waals surface area (Å²) < 4.78 is 7.43. The largest absolute Gasteiger partial charge is 0.489 e. The third-order valence-electron chi connectivity index (χ3n) is 4.01. The molecular weight excluding hydrogens is 479 g/mol. The first-order valence-electron chi connectivity index (χ1n) is 9.01. The normalized spacial score (nSPS) is 10.7. The Labute approximate surface area is 187 Å². The van der Waals surface area contributed by atoms with Crippen molar-refractivity contribution in [2.45, 2.75) is 13.1 Å². The van der Waals surface area contributed by atoms with E-state index >= 15 is 0 Å². The minimum absolute atomic E-state index is 0. The van der Waals surface area contributed by atoms with Crippen molar-refractivity contribution < 1.29 is 4.74 Å².